The first-order valence-corrected chi connectivity index (χ1v) is 11.7. The molecule has 1 heterocycles. The van der Waals surface area contributed by atoms with Crippen molar-refractivity contribution in [1.29, 1.82) is 0 Å². The third kappa shape index (κ3) is 4.52. The molecular weight excluding hydrogens is 380 g/mol. The van der Waals surface area contributed by atoms with Gasteiger partial charge in [0.1, 0.15) is 5.76 Å². The SMILES string of the molecule is CC(=O)O[C@H](CO[Si](c1ccccc1)(c1ccccc1)C(C)(C)C)c1ccco1. The van der Waals surface area contributed by atoms with Crippen LogP contribution < -0.4 is 10.4 Å². The number of benzene rings is 2. The van der Waals surface area contributed by atoms with Crippen LogP contribution in [0.1, 0.15) is 39.6 Å². The summed E-state index contributed by atoms with van der Waals surface area (Å²) >= 11 is 0. The number of esters is 1. The molecule has 0 radical (unpaired) electrons. The van der Waals surface area contributed by atoms with E-state index in [1.54, 1.807) is 12.3 Å². The molecule has 0 bridgehead atoms. The normalized spacial score (nSPS) is 13.1. The molecule has 2 aromatic carbocycles. The lowest BCUT2D eigenvalue weighted by atomic mass is 10.2. The van der Waals surface area contributed by atoms with Gasteiger partial charge >= 0.3 is 5.97 Å². The van der Waals surface area contributed by atoms with E-state index >= 15 is 0 Å². The Morgan fingerprint density at radius 2 is 1.48 bits per heavy atom. The summed E-state index contributed by atoms with van der Waals surface area (Å²) in [5, 5.41) is 2.21. The summed E-state index contributed by atoms with van der Waals surface area (Å²) < 4.78 is 17.9. The van der Waals surface area contributed by atoms with Gasteiger partial charge in [-0.25, -0.2) is 0 Å². The van der Waals surface area contributed by atoms with Gasteiger partial charge in [0, 0.05) is 6.92 Å². The predicted octanol–water partition coefficient (Wildman–Crippen LogP) is 4.46. The largest absolute Gasteiger partial charge is 0.465 e. The molecule has 0 saturated carbocycles. The molecule has 29 heavy (non-hydrogen) atoms. The van der Waals surface area contributed by atoms with Crippen LogP contribution in [0.3, 0.4) is 0 Å². The predicted molar refractivity (Wildman–Crippen MR) is 117 cm³/mol. The highest BCUT2D eigenvalue weighted by Crippen LogP contribution is 2.37. The van der Waals surface area contributed by atoms with Crippen molar-refractivity contribution in [3.05, 3.63) is 84.8 Å². The first kappa shape index (κ1) is 21.1. The van der Waals surface area contributed by atoms with E-state index in [9.17, 15) is 4.79 Å². The number of rotatable bonds is 7. The van der Waals surface area contributed by atoms with Crippen LogP contribution in [0.2, 0.25) is 5.04 Å². The second kappa shape index (κ2) is 8.80. The van der Waals surface area contributed by atoms with Crippen LogP contribution in [0, 0.1) is 0 Å². The van der Waals surface area contributed by atoms with E-state index in [0.717, 1.165) is 0 Å². The number of furan rings is 1. The molecule has 1 aromatic heterocycles. The zero-order valence-corrected chi connectivity index (χ0v) is 18.4. The van der Waals surface area contributed by atoms with E-state index in [-0.39, 0.29) is 17.6 Å². The molecule has 3 rings (SSSR count). The van der Waals surface area contributed by atoms with E-state index in [2.05, 4.69) is 45.0 Å². The molecule has 0 saturated heterocycles. The third-order valence-electron chi connectivity index (χ3n) is 5.04. The third-order valence-corrected chi connectivity index (χ3v) is 10.0. The summed E-state index contributed by atoms with van der Waals surface area (Å²) in [7, 11) is -2.71. The van der Waals surface area contributed by atoms with Crippen LogP contribution in [0.25, 0.3) is 0 Å². The van der Waals surface area contributed by atoms with Crippen LogP contribution in [-0.2, 0) is 14.0 Å². The van der Waals surface area contributed by atoms with Gasteiger partial charge in [-0.1, -0.05) is 81.4 Å². The average Bonchev–Trinajstić information content (AvgIpc) is 3.22. The summed E-state index contributed by atoms with van der Waals surface area (Å²) in [6.45, 7) is 8.27. The van der Waals surface area contributed by atoms with E-state index < -0.39 is 14.4 Å². The molecule has 152 valence electrons. The van der Waals surface area contributed by atoms with Gasteiger partial charge in [-0.05, 0) is 27.5 Å². The maximum atomic E-state index is 11.7. The van der Waals surface area contributed by atoms with Crippen molar-refractivity contribution in [1.82, 2.24) is 0 Å². The monoisotopic (exact) mass is 408 g/mol. The first-order valence-electron chi connectivity index (χ1n) is 9.80. The molecule has 0 aliphatic heterocycles. The second-order valence-corrected chi connectivity index (χ2v) is 12.4. The molecule has 0 N–H and O–H groups in total. The zero-order valence-electron chi connectivity index (χ0n) is 17.4. The van der Waals surface area contributed by atoms with E-state index in [4.69, 9.17) is 13.6 Å². The highest BCUT2D eigenvalue weighted by Gasteiger charge is 2.50. The summed E-state index contributed by atoms with van der Waals surface area (Å²) in [5.74, 6) is 0.218. The van der Waals surface area contributed by atoms with Gasteiger partial charge < -0.3 is 13.6 Å². The van der Waals surface area contributed by atoms with Crippen molar-refractivity contribution in [2.24, 2.45) is 0 Å². The molecule has 0 aliphatic carbocycles. The van der Waals surface area contributed by atoms with Crippen LogP contribution >= 0.6 is 0 Å². The smallest absolute Gasteiger partial charge is 0.303 e. The Balaban J connectivity index is 2.06. The summed E-state index contributed by atoms with van der Waals surface area (Å²) in [5.41, 5.74) is 0. The minimum atomic E-state index is -2.71. The fourth-order valence-corrected chi connectivity index (χ4v) is 8.37. The van der Waals surface area contributed by atoms with Crippen molar-refractivity contribution in [2.45, 2.75) is 38.8 Å². The quantitative estimate of drug-likeness (QED) is 0.428. The van der Waals surface area contributed by atoms with Crippen molar-refractivity contribution in [3.63, 3.8) is 0 Å². The van der Waals surface area contributed by atoms with Crippen molar-refractivity contribution >= 4 is 24.7 Å². The lowest BCUT2D eigenvalue weighted by molar-refractivity contribution is -0.149. The topological polar surface area (TPSA) is 48.7 Å². The molecule has 0 fully saturated rings. The van der Waals surface area contributed by atoms with Gasteiger partial charge in [0.25, 0.3) is 8.32 Å². The average molecular weight is 409 g/mol. The maximum absolute atomic E-state index is 11.7. The Bertz CT molecular complexity index is 860. The Labute approximate surface area is 173 Å². The zero-order chi connectivity index (χ0) is 20.9. The number of carbonyl (C=O) groups excluding carboxylic acids is 1. The van der Waals surface area contributed by atoms with Crippen LogP contribution in [0.5, 0.6) is 0 Å². The Morgan fingerprint density at radius 3 is 1.90 bits per heavy atom. The molecule has 3 aromatic rings. The summed E-state index contributed by atoms with van der Waals surface area (Å²) in [6, 6.07) is 24.4. The van der Waals surface area contributed by atoms with E-state index in [0.29, 0.717) is 5.76 Å². The minimum Gasteiger partial charge on any atom is -0.465 e. The molecular formula is C24H28O4Si. The Kier molecular flexibility index (Phi) is 6.40. The maximum Gasteiger partial charge on any atom is 0.303 e. The minimum absolute atomic E-state index is 0.153. The van der Waals surface area contributed by atoms with Gasteiger partial charge in [0.2, 0.25) is 0 Å². The second-order valence-electron chi connectivity index (χ2n) is 8.09. The summed E-state index contributed by atoms with van der Waals surface area (Å²) in [6.07, 6.45) is 0.985. The van der Waals surface area contributed by atoms with Crippen molar-refractivity contribution in [2.75, 3.05) is 6.61 Å². The standard InChI is InChI=1S/C24H28O4Si/c1-19(25)28-23(22-16-11-17-26-22)18-27-29(24(2,3)4,20-12-7-5-8-13-20)21-14-9-6-10-15-21/h5-17,23H,18H2,1-4H3/t23-/m1/s1. The van der Waals surface area contributed by atoms with Gasteiger partial charge in [0.15, 0.2) is 6.10 Å². The first-order chi connectivity index (χ1) is 13.8. The fourth-order valence-electron chi connectivity index (χ4n) is 3.81. The lowest BCUT2D eigenvalue weighted by Crippen LogP contribution is -2.66. The van der Waals surface area contributed by atoms with Crippen molar-refractivity contribution in [3.8, 4) is 0 Å². The molecule has 0 aliphatic rings. The number of hydrogen-bond donors (Lipinski definition) is 0. The fraction of sp³-hybridized carbons (Fsp3) is 0.292. The lowest BCUT2D eigenvalue weighted by Gasteiger charge is -2.43. The molecule has 1 atom stereocenters. The van der Waals surface area contributed by atoms with Crippen LogP contribution in [0.4, 0.5) is 0 Å². The van der Waals surface area contributed by atoms with Crippen molar-refractivity contribution < 1.29 is 18.4 Å². The highest BCUT2D eigenvalue weighted by molar-refractivity contribution is 6.99. The Hall–Kier alpha value is -2.63. The number of hydrogen-bond acceptors (Lipinski definition) is 4. The van der Waals surface area contributed by atoms with Crippen LogP contribution in [0.15, 0.2) is 83.5 Å². The number of ether oxygens (including phenoxy) is 1. The molecule has 0 amide bonds. The van der Waals surface area contributed by atoms with Crippen LogP contribution in [-0.4, -0.2) is 20.9 Å². The molecule has 4 nitrogen and oxygen atoms in total. The van der Waals surface area contributed by atoms with E-state index in [1.165, 1.54) is 17.3 Å². The molecule has 0 spiro atoms. The van der Waals surface area contributed by atoms with Gasteiger partial charge in [0.05, 0.1) is 12.9 Å². The molecule has 5 heteroatoms. The van der Waals surface area contributed by atoms with E-state index in [1.807, 2.05) is 42.5 Å². The summed E-state index contributed by atoms with van der Waals surface area (Å²) in [4.78, 5) is 11.7. The number of carbonyl (C=O) groups is 1. The van der Waals surface area contributed by atoms with Gasteiger partial charge in [-0.3, -0.25) is 4.79 Å². The van der Waals surface area contributed by atoms with Gasteiger partial charge in [-0.2, -0.15) is 0 Å². The highest BCUT2D eigenvalue weighted by atomic mass is 28.4. The Morgan fingerprint density at radius 1 is 0.931 bits per heavy atom. The van der Waals surface area contributed by atoms with Gasteiger partial charge in [-0.15, -0.1) is 0 Å². The molecule has 0 unspecified atom stereocenters.